The van der Waals surface area contributed by atoms with Gasteiger partial charge in [0.15, 0.2) is 5.82 Å². The van der Waals surface area contributed by atoms with Crippen molar-refractivity contribution in [1.29, 1.82) is 0 Å². The Bertz CT molecular complexity index is 1870. The summed E-state index contributed by atoms with van der Waals surface area (Å²) in [6.45, 7) is 1.89. The number of aromatic amines is 2. The molecule has 2 aliphatic rings. The largest absolute Gasteiger partial charge is 0.433 e. The van der Waals surface area contributed by atoms with Gasteiger partial charge in [0.25, 0.3) is 11.8 Å². The third-order valence-electron chi connectivity index (χ3n) is 8.75. The molecule has 0 radical (unpaired) electrons. The Kier molecular flexibility index (Phi) is 10.1. The van der Waals surface area contributed by atoms with Crippen LogP contribution in [0.5, 0.6) is 0 Å². The molecule has 18 heteroatoms. The second kappa shape index (κ2) is 14.5. The minimum atomic E-state index is -4.79. The van der Waals surface area contributed by atoms with Crippen LogP contribution >= 0.6 is 11.6 Å². The number of hydrogen-bond acceptors (Lipinski definition) is 9. The highest BCUT2D eigenvalue weighted by Gasteiger charge is 2.39. The summed E-state index contributed by atoms with van der Waals surface area (Å²) in [5.41, 5.74) is 5.29. The number of hydrogen-bond donors (Lipinski definition) is 7. The molecular formula is C32H34ClF3N10O4. The van der Waals surface area contributed by atoms with Crippen LogP contribution < -0.4 is 21.7 Å². The summed E-state index contributed by atoms with van der Waals surface area (Å²) in [7, 11) is 0. The Morgan fingerprint density at radius 2 is 1.86 bits per heavy atom. The minimum Gasteiger partial charge on any atom is -0.397 e. The lowest BCUT2D eigenvalue weighted by molar-refractivity contribution is -0.140. The molecule has 0 spiro atoms. The summed E-state index contributed by atoms with van der Waals surface area (Å²) in [5.74, 6) is -1.07. The number of carbonyl (C=O) groups is 3. The first kappa shape index (κ1) is 34.8. The smallest absolute Gasteiger partial charge is 0.397 e. The van der Waals surface area contributed by atoms with Gasteiger partial charge in [-0.05, 0) is 55.0 Å². The van der Waals surface area contributed by atoms with Gasteiger partial charge in [-0.1, -0.05) is 17.7 Å². The lowest BCUT2D eigenvalue weighted by Crippen LogP contribution is -2.45. The lowest BCUT2D eigenvalue weighted by atomic mass is 9.96. The number of amides is 3. The number of benzene rings is 1. The first-order valence-corrected chi connectivity index (χ1v) is 16.2. The van der Waals surface area contributed by atoms with Gasteiger partial charge in [-0.25, -0.2) is 4.98 Å². The van der Waals surface area contributed by atoms with Crippen LogP contribution in [0.1, 0.15) is 51.5 Å². The van der Waals surface area contributed by atoms with E-state index in [9.17, 15) is 32.7 Å². The highest BCUT2D eigenvalue weighted by molar-refractivity contribution is 6.33. The number of likely N-dealkylation sites (tertiary alicyclic amines) is 1. The molecule has 50 heavy (non-hydrogen) atoms. The number of anilines is 1. The number of H-pyrrole nitrogens is 2. The number of aliphatic hydroxyl groups excluding tert-OH is 1. The molecule has 8 N–H and O–H groups in total. The molecule has 2 atom stereocenters. The Balaban J connectivity index is 1.04. The molecule has 3 amide bonds. The number of piperidine rings is 1. The fourth-order valence-electron chi connectivity index (χ4n) is 6.01. The number of β-amino-alcohol motifs (C(OH)–C–C–N with tert-alkyl or cyclic N) is 1. The summed E-state index contributed by atoms with van der Waals surface area (Å²) in [5, 5.41) is 24.2. The Morgan fingerprint density at radius 3 is 2.52 bits per heavy atom. The molecule has 0 unspecified atom stereocenters. The average molecular weight is 715 g/mol. The summed E-state index contributed by atoms with van der Waals surface area (Å²) in [6, 6.07) is 7.31. The van der Waals surface area contributed by atoms with Gasteiger partial charge in [-0.2, -0.15) is 18.3 Å². The first-order chi connectivity index (χ1) is 23.9. The van der Waals surface area contributed by atoms with Gasteiger partial charge in [0, 0.05) is 32.7 Å². The minimum absolute atomic E-state index is 0.00434. The van der Waals surface area contributed by atoms with Crippen molar-refractivity contribution in [3.8, 4) is 22.6 Å². The van der Waals surface area contributed by atoms with Crippen LogP contribution in [0.4, 0.5) is 18.9 Å². The number of aromatic nitrogens is 5. The van der Waals surface area contributed by atoms with Gasteiger partial charge in [-0.15, -0.1) is 0 Å². The zero-order chi connectivity index (χ0) is 35.6. The van der Waals surface area contributed by atoms with Gasteiger partial charge in [0.1, 0.15) is 11.4 Å². The molecule has 6 rings (SSSR count). The van der Waals surface area contributed by atoms with Crippen molar-refractivity contribution in [3.05, 3.63) is 70.4 Å². The van der Waals surface area contributed by atoms with Crippen LogP contribution in [-0.2, 0) is 17.5 Å². The second-order valence-electron chi connectivity index (χ2n) is 12.3. The topological polar surface area (TPSA) is 207 Å². The Morgan fingerprint density at radius 1 is 1.08 bits per heavy atom. The molecule has 0 aliphatic carbocycles. The summed E-state index contributed by atoms with van der Waals surface area (Å²) >= 11 is 6.48. The second-order valence-corrected chi connectivity index (χ2v) is 12.7. The summed E-state index contributed by atoms with van der Waals surface area (Å²) in [4.78, 5) is 50.9. The van der Waals surface area contributed by atoms with Crippen molar-refractivity contribution in [2.75, 3.05) is 31.9 Å². The summed E-state index contributed by atoms with van der Waals surface area (Å²) < 4.78 is 41.6. The number of halogens is 4. The Hall–Kier alpha value is -5.00. The van der Waals surface area contributed by atoms with Gasteiger partial charge >= 0.3 is 6.18 Å². The van der Waals surface area contributed by atoms with Crippen molar-refractivity contribution in [3.63, 3.8) is 0 Å². The molecule has 4 aromatic rings. The third-order valence-corrected chi connectivity index (χ3v) is 9.06. The zero-order valence-electron chi connectivity index (χ0n) is 26.5. The molecular weight excluding hydrogens is 681 g/mol. The van der Waals surface area contributed by atoms with Gasteiger partial charge in [-0.3, -0.25) is 24.5 Å². The number of aliphatic hydroxyl groups is 1. The molecule has 2 saturated heterocycles. The lowest BCUT2D eigenvalue weighted by Gasteiger charge is -2.32. The Labute approximate surface area is 288 Å². The number of nitrogens with zero attached hydrogens (tertiary/aromatic N) is 4. The van der Waals surface area contributed by atoms with Crippen molar-refractivity contribution in [2.45, 2.75) is 44.1 Å². The SMILES string of the molecule is Nc1ccc(-c2n[nH]c(C(F)(F)F)c2-c2cnc(C(=O)NCc3ccc(C(=O)N4CCC(CNC(=O)[C@@H]5C[C@@H](O)CN5)CC4)c(Cl)c3)[nH]2)nc1. The predicted molar refractivity (Wildman–Crippen MR) is 175 cm³/mol. The molecule has 5 heterocycles. The molecule has 14 nitrogen and oxygen atoms in total. The molecule has 3 aromatic heterocycles. The van der Waals surface area contributed by atoms with E-state index in [1.807, 2.05) is 5.10 Å². The van der Waals surface area contributed by atoms with E-state index in [1.54, 1.807) is 23.1 Å². The van der Waals surface area contributed by atoms with Gasteiger partial charge < -0.3 is 36.7 Å². The van der Waals surface area contributed by atoms with E-state index in [-0.39, 0.29) is 63.8 Å². The van der Waals surface area contributed by atoms with Crippen LogP contribution in [0.25, 0.3) is 22.6 Å². The van der Waals surface area contributed by atoms with Crippen LogP contribution in [0, 0.1) is 5.92 Å². The van der Waals surface area contributed by atoms with E-state index in [0.717, 1.165) is 6.20 Å². The molecule has 0 saturated carbocycles. The highest BCUT2D eigenvalue weighted by Crippen LogP contribution is 2.40. The number of pyridine rings is 1. The van der Waals surface area contributed by atoms with E-state index in [0.29, 0.717) is 62.3 Å². The van der Waals surface area contributed by atoms with Gasteiger partial charge in [0.05, 0.1) is 57.8 Å². The van der Waals surface area contributed by atoms with Crippen molar-refractivity contribution >= 4 is 35.0 Å². The molecule has 1 aromatic carbocycles. The zero-order valence-corrected chi connectivity index (χ0v) is 27.2. The van der Waals surface area contributed by atoms with Crippen LogP contribution in [0.15, 0.2) is 42.7 Å². The quantitative estimate of drug-likeness (QED) is 0.136. The van der Waals surface area contributed by atoms with Crippen molar-refractivity contribution in [1.82, 2.24) is 46.0 Å². The van der Waals surface area contributed by atoms with E-state index in [1.165, 1.54) is 18.3 Å². The maximum atomic E-state index is 13.9. The van der Waals surface area contributed by atoms with E-state index < -0.39 is 23.9 Å². The van der Waals surface area contributed by atoms with Crippen molar-refractivity contribution in [2.24, 2.45) is 5.92 Å². The predicted octanol–water partition coefficient (Wildman–Crippen LogP) is 2.74. The maximum absolute atomic E-state index is 13.9. The maximum Gasteiger partial charge on any atom is 0.433 e. The number of nitrogens with two attached hydrogens (primary N) is 1. The van der Waals surface area contributed by atoms with E-state index >= 15 is 0 Å². The normalized spacial score (nSPS) is 18.3. The molecule has 0 bridgehead atoms. The highest BCUT2D eigenvalue weighted by atomic mass is 35.5. The van der Waals surface area contributed by atoms with Crippen LogP contribution in [0.3, 0.4) is 0 Å². The third kappa shape index (κ3) is 7.74. The van der Waals surface area contributed by atoms with Crippen LogP contribution in [0.2, 0.25) is 5.02 Å². The standard InChI is InChI=1S/C32H34ClF3N10O4/c33-21-9-17(1-3-20(21)31(50)46-7-5-16(6-8-46)11-41-29(48)23-10-19(47)14-39-23)12-42-30(49)28-40-15-24(43-28)25-26(22-4-2-18(37)13-38-22)44-45-27(25)32(34,35)36/h1-4,9,13,15-16,19,23,39,47H,5-8,10-12,14,37H2,(H,40,43)(H,41,48)(H,42,49)(H,44,45)/t19-,23+/m1/s1. The number of carbonyl (C=O) groups excluding carboxylic acids is 3. The molecule has 2 aliphatic heterocycles. The fraction of sp³-hybridized carbons (Fsp3) is 0.375. The van der Waals surface area contributed by atoms with E-state index in [2.05, 4.69) is 36.0 Å². The number of nitrogen functional groups attached to an aromatic ring is 1. The average Bonchev–Trinajstić information content (AvgIpc) is 3.86. The number of imidazole rings is 1. The fourth-order valence-corrected chi connectivity index (χ4v) is 6.29. The van der Waals surface area contributed by atoms with E-state index in [4.69, 9.17) is 17.3 Å². The molecule has 264 valence electrons. The van der Waals surface area contributed by atoms with Gasteiger partial charge in [0.2, 0.25) is 5.91 Å². The summed E-state index contributed by atoms with van der Waals surface area (Å²) in [6.07, 6.45) is -1.10. The van der Waals surface area contributed by atoms with Crippen molar-refractivity contribution < 1.29 is 32.7 Å². The number of rotatable bonds is 9. The monoisotopic (exact) mass is 714 g/mol. The molecule has 2 fully saturated rings. The first-order valence-electron chi connectivity index (χ1n) is 15.8. The van der Waals surface area contributed by atoms with Crippen LogP contribution in [-0.4, -0.2) is 91.2 Å². The number of nitrogens with one attached hydrogen (secondary N) is 5. The number of alkyl halides is 3.